The van der Waals surface area contributed by atoms with E-state index in [1.807, 2.05) is 55.7 Å². The average molecular weight is 457 g/mol. The van der Waals surface area contributed by atoms with Crippen LogP contribution in [-0.4, -0.2) is 53.5 Å². The molecule has 4 rings (SSSR count). The average Bonchev–Trinajstić information content (AvgIpc) is 3.30. The van der Waals surface area contributed by atoms with Crippen molar-refractivity contribution in [2.75, 3.05) is 18.6 Å². The molecule has 8 nitrogen and oxygen atoms in total. The zero-order valence-corrected chi connectivity index (χ0v) is 19.6. The van der Waals surface area contributed by atoms with Gasteiger partial charge >= 0.3 is 0 Å². The van der Waals surface area contributed by atoms with E-state index in [0.29, 0.717) is 23.5 Å². The molecular weight excluding hydrogens is 428 g/mol. The molecule has 0 saturated carbocycles. The summed E-state index contributed by atoms with van der Waals surface area (Å²) in [5.41, 5.74) is 2.91. The lowest BCUT2D eigenvalue weighted by molar-refractivity contribution is 0.0936. The van der Waals surface area contributed by atoms with Gasteiger partial charge in [-0.05, 0) is 57.0 Å². The van der Waals surface area contributed by atoms with Crippen LogP contribution in [-0.2, 0) is 9.84 Å². The fraction of sp³-hybridized carbons (Fsp3) is 0.435. The standard InChI is InChI=1S/C23H28N4O4S/c1-5-14(2)24-23(28)22-21-20(12-19(26-22)16-6-8-18(31-4)9-7-16)27(15(3)25-21)17-10-11-32(29,30)13-17/h6-9,12,14,17H,5,10-11,13H2,1-4H3,(H,24,28). The molecule has 1 aromatic carbocycles. The number of pyridine rings is 1. The molecule has 1 aliphatic heterocycles. The minimum Gasteiger partial charge on any atom is -0.497 e. The quantitative estimate of drug-likeness (QED) is 0.610. The van der Waals surface area contributed by atoms with E-state index in [2.05, 4.69) is 15.3 Å². The summed E-state index contributed by atoms with van der Waals surface area (Å²) >= 11 is 0. The van der Waals surface area contributed by atoms with E-state index in [4.69, 9.17) is 4.74 Å². The predicted molar refractivity (Wildman–Crippen MR) is 124 cm³/mol. The first-order valence-electron chi connectivity index (χ1n) is 10.8. The van der Waals surface area contributed by atoms with Crippen molar-refractivity contribution < 1.29 is 17.9 Å². The Morgan fingerprint density at radius 3 is 2.59 bits per heavy atom. The molecule has 1 aliphatic rings. The van der Waals surface area contributed by atoms with Crippen LogP contribution >= 0.6 is 0 Å². The number of amides is 1. The summed E-state index contributed by atoms with van der Waals surface area (Å²) in [5, 5.41) is 2.98. The highest BCUT2D eigenvalue weighted by atomic mass is 32.2. The third kappa shape index (κ3) is 4.21. The van der Waals surface area contributed by atoms with E-state index < -0.39 is 9.84 Å². The molecule has 9 heteroatoms. The third-order valence-corrected chi connectivity index (χ3v) is 7.77. The zero-order chi connectivity index (χ0) is 23.0. The van der Waals surface area contributed by atoms with Crippen LogP contribution < -0.4 is 10.1 Å². The maximum Gasteiger partial charge on any atom is 0.272 e. The van der Waals surface area contributed by atoms with Gasteiger partial charge in [-0.2, -0.15) is 0 Å². The number of carbonyl (C=O) groups excluding carboxylic acids is 1. The lowest BCUT2D eigenvalue weighted by Gasteiger charge is -2.15. The molecule has 2 aromatic heterocycles. The largest absolute Gasteiger partial charge is 0.497 e. The number of fused-ring (bicyclic) bond motifs is 1. The Morgan fingerprint density at radius 1 is 1.28 bits per heavy atom. The highest BCUT2D eigenvalue weighted by Crippen LogP contribution is 2.32. The minimum atomic E-state index is -3.08. The topological polar surface area (TPSA) is 103 Å². The second-order valence-corrected chi connectivity index (χ2v) is 10.5. The molecule has 1 N–H and O–H groups in total. The van der Waals surface area contributed by atoms with Gasteiger partial charge in [0.2, 0.25) is 0 Å². The monoisotopic (exact) mass is 456 g/mol. The maximum atomic E-state index is 13.1. The number of hydrogen-bond acceptors (Lipinski definition) is 6. The van der Waals surface area contributed by atoms with Gasteiger partial charge in [-0.15, -0.1) is 0 Å². The van der Waals surface area contributed by atoms with Crippen LogP contribution in [0, 0.1) is 6.92 Å². The Morgan fingerprint density at radius 2 is 2.00 bits per heavy atom. The number of imidazole rings is 1. The van der Waals surface area contributed by atoms with E-state index in [0.717, 1.165) is 23.3 Å². The molecule has 0 bridgehead atoms. The molecular formula is C23H28N4O4S. The van der Waals surface area contributed by atoms with Gasteiger partial charge in [0.25, 0.3) is 5.91 Å². The Bertz CT molecular complexity index is 1270. The number of methoxy groups -OCH3 is 1. The second-order valence-electron chi connectivity index (χ2n) is 8.32. The molecule has 0 aliphatic carbocycles. The Hall–Kier alpha value is -2.94. The van der Waals surface area contributed by atoms with Gasteiger partial charge in [-0.1, -0.05) is 6.92 Å². The number of sulfone groups is 1. The van der Waals surface area contributed by atoms with Crippen molar-refractivity contribution in [2.45, 2.75) is 45.7 Å². The van der Waals surface area contributed by atoms with Crippen LogP contribution in [0.2, 0.25) is 0 Å². The van der Waals surface area contributed by atoms with Crippen molar-refractivity contribution >= 4 is 26.8 Å². The summed E-state index contributed by atoms with van der Waals surface area (Å²) < 4.78 is 31.5. The summed E-state index contributed by atoms with van der Waals surface area (Å²) in [4.78, 5) is 22.4. The van der Waals surface area contributed by atoms with E-state index in [-0.39, 0.29) is 35.2 Å². The Kier molecular flexibility index (Phi) is 5.94. The van der Waals surface area contributed by atoms with Gasteiger partial charge in [0.15, 0.2) is 15.5 Å². The number of ether oxygens (including phenoxy) is 1. The van der Waals surface area contributed by atoms with E-state index in [1.165, 1.54) is 0 Å². The van der Waals surface area contributed by atoms with Gasteiger partial charge < -0.3 is 14.6 Å². The highest BCUT2D eigenvalue weighted by Gasteiger charge is 2.32. The number of nitrogens with one attached hydrogen (secondary N) is 1. The van der Waals surface area contributed by atoms with E-state index in [1.54, 1.807) is 7.11 Å². The van der Waals surface area contributed by atoms with Crippen LogP contribution in [0.15, 0.2) is 30.3 Å². The third-order valence-electron chi connectivity index (χ3n) is 6.02. The van der Waals surface area contributed by atoms with E-state index >= 15 is 0 Å². The lowest BCUT2D eigenvalue weighted by atomic mass is 10.1. The Labute approximate surface area is 187 Å². The molecule has 32 heavy (non-hydrogen) atoms. The minimum absolute atomic E-state index is 0.00727. The highest BCUT2D eigenvalue weighted by molar-refractivity contribution is 7.91. The fourth-order valence-corrected chi connectivity index (χ4v) is 5.81. The molecule has 3 heterocycles. The van der Waals surface area contributed by atoms with Crippen LogP contribution in [0.3, 0.4) is 0 Å². The molecule has 3 aromatic rings. The van der Waals surface area contributed by atoms with Crippen molar-refractivity contribution in [1.29, 1.82) is 0 Å². The molecule has 170 valence electrons. The SMILES string of the molecule is CCC(C)NC(=O)c1nc(-c2ccc(OC)cc2)cc2c1nc(C)n2C1CCS(=O)(=O)C1. The number of aryl methyl sites for hydroxylation is 1. The van der Waals surface area contributed by atoms with Gasteiger partial charge in [-0.3, -0.25) is 4.79 Å². The second kappa shape index (κ2) is 8.54. The number of hydrogen-bond donors (Lipinski definition) is 1. The summed E-state index contributed by atoms with van der Waals surface area (Å²) in [6, 6.07) is 9.13. The van der Waals surface area contributed by atoms with Crippen molar-refractivity contribution in [3.05, 3.63) is 41.9 Å². The van der Waals surface area contributed by atoms with E-state index in [9.17, 15) is 13.2 Å². The lowest BCUT2D eigenvalue weighted by Crippen LogP contribution is -2.32. The molecule has 1 saturated heterocycles. The normalized spacial score (nSPS) is 18.6. The fourth-order valence-electron chi connectivity index (χ4n) is 4.11. The number of benzene rings is 1. The van der Waals surface area contributed by atoms with Crippen molar-refractivity contribution in [3.63, 3.8) is 0 Å². The Balaban J connectivity index is 1.90. The molecule has 0 spiro atoms. The summed E-state index contributed by atoms with van der Waals surface area (Å²) in [6.07, 6.45) is 1.32. The molecule has 2 atom stereocenters. The van der Waals surface area contributed by atoms with Crippen LogP contribution in [0.5, 0.6) is 5.75 Å². The summed E-state index contributed by atoms with van der Waals surface area (Å²) in [6.45, 7) is 5.78. The smallest absolute Gasteiger partial charge is 0.272 e. The number of aromatic nitrogens is 3. The number of rotatable bonds is 6. The first-order valence-corrected chi connectivity index (χ1v) is 12.6. The van der Waals surface area contributed by atoms with Crippen molar-refractivity contribution in [3.8, 4) is 17.0 Å². The summed E-state index contributed by atoms with van der Waals surface area (Å²) in [7, 11) is -1.48. The van der Waals surface area contributed by atoms with Crippen LogP contribution in [0.4, 0.5) is 0 Å². The van der Waals surface area contributed by atoms with Crippen LogP contribution in [0.1, 0.15) is 49.0 Å². The van der Waals surface area contributed by atoms with Gasteiger partial charge in [0, 0.05) is 11.6 Å². The van der Waals surface area contributed by atoms with Gasteiger partial charge in [-0.25, -0.2) is 18.4 Å². The number of carbonyl (C=O) groups is 1. The van der Waals surface area contributed by atoms with Crippen LogP contribution in [0.25, 0.3) is 22.3 Å². The molecule has 1 amide bonds. The van der Waals surface area contributed by atoms with Gasteiger partial charge in [0.1, 0.15) is 17.1 Å². The van der Waals surface area contributed by atoms with Crippen molar-refractivity contribution in [2.24, 2.45) is 0 Å². The summed E-state index contributed by atoms with van der Waals surface area (Å²) in [5.74, 6) is 1.35. The molecule has 1 fully saturated rings. The first kappa shape index (κ1) is 22.3. The molecule has 0 radical (unpaired) electrons. The maximum absolute atomic E-state index is 13.1. The first-order chi connectivity index (χ1) is 15.2. The predicted octanol–water partition coefficient (Wildman–Crippen LogP) is 3.30. The zero-order valence-electron chi connectivity index (χ0n) is 18.8. The van der Waals surface area contributed by atoms with Gasteiger partial charge in [0.05, 0.1) is 35.9 Å². The molecule has 2 unspecified atom stereocenters. The van der Waals surface area contributed by atoms with Crippen molar-refractivity contribution in [1.82, 2.24) is 19.9 Å². The number of nitrogens with zero attached hydrogens (tertiary/aromatic N) is 3.